The van der Waals surface area contributed by atoms with Crippen LogP contribution in [-0.2, 0) is 0 Å². The van der Waals surface area contributed by atoms with Crippen molar-refractivity contribution in [1.29, 1.82) is 0 Å². The van der Waals surface area contributed by atoms with Crippen molar-refractivity contribution in [2.45, 2.75) is 12.2 Å². The molecule has 2 aromatic rings. The number of aliphatic hydroxyl groups is 3. The zero-order valence-corrected chi connectivity index (χ0v) is 17.7. The minimum absolute atomic E-state index is 0.294. The third-order valence-electron chi connectivity index (χ3n) is 4.32. The highest BCUT2D eigenvalue weighted by molar-refractivity contribution is 6.33. The highest BCUT2D eigenvalue weighted by atomic mass is 16.6. The number of nitro groups is 4. The van der Waals surface area contributed by atoms with E-state index >= 15 is 0 Å². The number of hydrogen-bond acceptors (Lipinski definition) is 15. The largest absolute Gasteiger partial charge is 0.394 e. The van der Waals surface area contributed by atoms with Gasteiger partial charge in [-0.25, -0.2) is 0 Å². The van der Waals surface area contributed by atoms with Crippen LogP contribution in [0.25, 0.3) is 0 Å². The van der Waals surface area contributed by atoms with Gasteiger partial charge in [-0.2, -0.15) is 10.2 Å². The van der Waals surface area contributed by atoms with Crippen molar-refractivity contribution in [1.82, 2.24) is 0 Å². The molecule has 0 spiro atoms. The fourth-order valence-electron chi connectivity index (χ4n) is 2.52. The van der Waals surface area contributed by atoms with Gasteiger partial charge in [0.2, 0.25) is 0 Å². The Morgan fingerprint density at radius 2 is 1.31 bits per heavy atom. The number of nitrogens with zero attached hydrogens (tertiary/aromatic N) is 6. The Morgan fingerprint density at radius 1 is 0.833 bits per heavy atom. The topological polar surface area (TPSA) is 282 Å². The SMILES string of the molecule is O=[N+]([O-])c1ccc(N/N=C/C(=N\Nc2ccc([N+](=O)[O-])cc2[N+](=O)[O-])[C@H](O)[C@H](O)CO)c([N+](=O)[O-])c1. The highest BCUT2D eigenvalue weighted by Crippen LogP contribution is 2.30. The lowest BCUT2D eigenvalue weighted by atomic mass is 10.1. The molecule has 0 saturated carbocycles. The third-order valence-corrected chi connectivity index (χ3v) is 4.32. The van der Waals surface area contributed by atoms with Crippen molar-refractivity contribution in [2.24, 2.45) is 10.2 Å². The number of aliphatic hydroxyl groups excluding tert-OH is 3. The minimum atomic E-state index is -1.92. The molecule has 0 aliphatic heterocycles. The lowest BCUT2D eigenvalue weighted by Crippen LogP contribution is -2.37. The van der Waals surface area contributed by atoms with Gasteiger partial charge in [0, 0.05) is 12.1 Å². The van der Waals surface area contributed by atoms with Gasteiger partial charge >= 0.3 is 11.4 Å². The molecule has 2 atom stereocenters. The third kappa shape index (κ3) is 6.69. The summed E-state index contributed by atoms with van der Waals surface area (Å²) in [7, 11) is 0. The van der Waals surface area contributed by atoms with Crippen LogP contribution in [0.5, 0.6) is 0 Å². The van der Waals surface area contributed by atoms with Crippen molar-refractivity contribution < 1.29 is 35.0 Å². The molecule has 5 N–H and O–H groups in total. The van der Waals surface area contributed by atoms with Gasteiger partial charge in [-0.3, -0.25) is 51.3 Å². The molecule has 0 aliphatic rings. The van der Waals surface area contributed by atoms with E-state index in [0.29, 0.717) is 12.1 Å². The van der Waals surface area contributed by atoms with Crippen LogP contribution in [0.3, 0.4) is 0 Å². The first-order valence-electron chi connectivity index (χ1n) is 9.41. The van der Waals surface area contributed by atoms with E-state index in [0.717, 1.165) is 30.5 Å². The van der Waals surface area contributed by atoms with E-state index in [2.05, 4.69) is 21.1 Å². The van der Waals surface area contributed by atoms with Gasteiger partial charge in [0.1, 0.15) is 29.3 Å². The molecule has 19 nitrogen and oxygen atoms in total. The minimum Gasteiger partial charge on any atom is -0.394 e. The van der Waals surface area contributed by atoms with Crippen LogP contribution >= 0.6 is 0 Å². The first-order valence-corrected chi connectivity index (χ1v) is 9.41. The molecule has 0 saturated heterocycles. The summed E-state index contributed by atoms with van der Waals surface area (Å²) in [5, 5.41) is 80.4. The lowest BCUT2D eigenvalue weighted by Gasteiger charge is -2.15. The molecular formula is C17H16N8O11. The van der Waals surface area contributed by atoms with E-state index in [-0.39, 0.29) is 11.4 Å². The summed E-state index contributed by atoms with van der Waals surface area (Å²) in [6.07, 6.45) is -2.98. The maximum absolute atomic E-state index is 11.3. The Labute approximate surface area is 198 Å². The quantitative estimate of drug-likeness (QED) is 0.151. The number of hydrazone groups is 2. The Kier molecular flexibility index (Phi) is 8.90. The van der Waals surface area contributed by atoms with Crippen molar-refractivity contribution >= 4 is 46.1 Å². The molecule has 2 rings (SSSR count). The molecule has 0 heterocycles. The Bertz CT molecular complexity index is 1250. The maximum atomic E-state index is 11.3. The van der Waals surface area contributed by atoms with E-state index in [9.17, 15) is 50.7 Å². The first-order chi connectivity index (χ1) is 17.0. The number of nitro benzene ring substituents is 4. The number of rotatable bonds is 12. The maximum Gasteiger partial charge on any atom is 0.301 e. The number of benzene rings is 2. The molecule has 0 unspecified atom stereocenters. The standard InChI is InChI=1S/C17H16N8O11/c26-8-16(27)17(28)13(21-20-12-4-2-10(23(31)32)6-15(12)25(35)36)7-18-19-11-3-1-9(22(29)30)5-14(11)24(33)34/h1-7,16-17,19-20,26-28H,8H2/b18-7+,21-13+/t16-,17+/m1/s1. The smallest absolute Gasteiger partial charge is 0.301 e. The van der Waals surface area contributed by atoms with Crippen LogP contribution in [0.2, 0.25) is 0 Å². The predicted molar refractivity (Wildman–Crippen MR) is 122 cm³/mol. The van der Waals surface area contributed by atoms with Crippen molar-refractivity contribution in [3.8, 4) is 0 Å². The summed E-state index contributed by atoms with van der Waals surface area (Å²) in [6, 6.07) is 5.17. The fourth-order valence-corrected chi connectivity index (χ4v) is 2.52. The van der Waals surface area contributed by atoms with Crippen molar-refractivity contribution in [3.05, 3.63) is 76.9 Å². The van der Waals surface area contributed by atoms with Crippen molar-refractivity contribution in [2.75, 3.05) is 17.5 Å². The van der Waals surface area contributed by atoms with E-state index in [4.69, 9.17) is 5.11 Å². The second-order valence-corrected chi connectivity index (χ2v) is 6.64. The zero-order chi connectivity index (χ0) is 27.0. The van der Waals surface area contributed by atoms with Gasteiger partial charge in [-0.15, -0.1) is 0 Å². The van der Waals surface area contributed by atoms with Crippen LogP contribution in [0.15, 0.2) is 46.6 Å². The summed E-state index contributed by atoms with van der Waals surface area (Å²) in [5.74, 6) is 0. The summed E-state index contributed by atoms with van der Waals surface area (Å²) in [6.45, 7) is -0.938. The number of anilines is 2. The van der Waals surface area contributed by atoms with Crippen LogP contribution in [0, 0.1) is 40.5 Å². The summed E-state index contributed by atoms with van der Waals surface area (Å²) >= 11 is 0. The average Bonchev–Trinajstić information content (AvgIpc) is 2.84. The zero-order valence-electron chi connectivity index (χ0n) is 17.7. The van der Waals surface area contributed by atoms with E-state index in [1.807, 2.05) is 0 Å². The molecule has 2 aromatic carbocycles. The molecular weight excluding hydrogens is 492 g/mol. The number of nitrogens with one attached hydrogen (secondary N) is 2. The molecule has 0 aromatic heterocycles. The molecule has 0 fully saturated rings. The van der Waals surface area contributed by atoms with Crippen LogP contribution < -0.4 is 10.9 Å². The molecule has 0 aliphatic carbocycles. The van der Waals surface area contributed by atoms with Crippen LogP contribution in [0.1, 0.15) is 0 Å². The average molecular weight is 508 g/mol. The van der Waals surface area contributed by atoms with E-state index < -0.39 is 67.0 Å². The van der Waals surface area contributed by atoms with Crippen LogP contribution in [-0.4, -0.2) is 65.8 Å². The molecule has 19 heteroatoms. The molecule has 0 bridgehead atoms. The number of non-ortho nitro benzene ring substituents is 2. The van der Waals surface area contributed by atoms with Gasteiger partial charge in [0.15, 0.2) is 0 Å². The first kappa shape index (κ1) is 27.1. The fraction of sp³-hybridized carbons (Fsp3) is 0.176. The predicted octanol–water partition coefficient (Wildman–Crippen LogP) is 0.899. The van der Waals surface area contributed by atoms with Gasteiger partial charge in [-0.1, -0.05) is 0 Å². The van der Waals surface area contributed by atoms with Gasteiger partial charge < -0.3 is 15.3 Å². The Hall–Kier alpha value is -5.14. The van der Waals surface area contributed by atoms with Crippen molar-refractivity contribution in [3.63, 3.8) is 0 Å². The second-order valence-electron chi connectivity index (χ2n) is 6.64. The van der Waals surface area contributed by atoms with E-state index in [1.54, 1.807) is 0 Å². The molecule has 190 valence electrons. The van der Waals surface area contributed by atoms with Gasteiger partial charge in [0.25, 0.3) is 11.4 Å². The van der Waals surface area contributed by atoms with Gasteiger partial charge in [0.05, 0.1) is 44.6 Å². The normalized spacial score (nSPS) is 13.1. The molecule has 36 heavy (non-hydrogen) atoms. The Balaban J connectivity index is 2.39. The molecule has 0 amide bonds. The summed E-state index contributed by atoms with van der Waals surface area (Å²) in [5.41, 5.74) is 0.612. The molecule has 0 radical (unpaired) electrons. The Morgan fingerprint density at radius 3 is 1.72 bits per heavy atom. The summed E-state index contributed by atoms with van der Waals surface area (Å²) in [4.78, 5) is 40.6. The highest BCUT2D eigenvalue weighted by Gasteiger charge is 2.23. The van der Waals surface area contributed by atoms with E-state index in [1.165, 1.54) is 0 Å². The second kappa shape index (κ2) is 11.8. The summed E-state index contributed by atoms with van der Waals surface area (Å²) < 4.78 is 0. The van der Waals surface area contributed by atoms with Gasteiger partial charge in [-0.05, 0) is 12.1 Å². The monoisotopic (exact) mass is 508 g/mol. The lowest BCUT2D eigenvalue weighted by molar-refractivity contribution is -0.393. The number of hydrogen-bond donors (Lipinski definition) is 5. The van der Waals surface area contributed by atoms with Crippen LogP contribution in [0.4, 0.5) is 34.1 Å².